The van der Waals surface area contributed by atoms with Crippen molar-refractivity contribution < 1.29 is 27.8 Å². The first kappa shape index (κ1) is 29.6. The van der Waals surface area contributed by atoms with Gasteiger partial charge in [-0.1, -0.05) is 18.2 Å². The first-order chi connectivity index (χ1) is 20.2. The number of aliphatic hydroxyl groups excluding tert-OH is 1. The standard InChI is InChI=1S/C28H35N7O6S/c1-40-14-15-41-28(27(37)30-12-13-36)10-8-19(9-11-28)23-24(42(2,38)39)25(29)35-26(33-23)22(17-32-35)20-16-31-34(18-20)21-6-4-3-5-7-21/h3-7,16-19,36H,8-15,29H2,1-2H3,(H,30,37)/t19-,28+. The summed E-state index contributed by atoms with van der Waals surface area (Å²) in [5, 5.41) is 20.8. The van der Waals surface area contributed by atoms with E-state index in [-0.39, 0.29) is 42.3 Å². The van der Waals surface area contributed by atoms with Gasteiger partial charge < -0.3 is 25.6 Å². The molecule has 0 atom stereocenters. The lowest BCUT2D eigenvalue weighted by Gasteiger charge is -2.39. The van der Waals surface area contributed by atoms with E-state index in [4.69, 9.17) is 20.2 Å². The van der Waals surface area contributed by atoms with E-state index in [0.29, 0.717) is 49.2 Å². The number of rotatable bonds is 11. The molecule has 0 unspecified atom stereocenters. The first-order valence-electron chi connectivity index (χ1n) is 13.7. The number of carbonyl (C=O) groups is 1. The van der Waals surface area contributed by atoms with Crippen molar-refractivity contribution in [3.8, 4) is 16.8 Å². The normalized spacial score (nSPS) is 19.3. The molecule has 0 spiro atoms. The third kappa shape index (κ3) is 5.75. The minimum atomic E-state index is -3.79. The molecule has 0 aliphatic heterocycles. The second-order valence-corrected chi connectivity index (χ2v) is 12.3. The topological polar surface area (TPSA) is 176 Å². The number of nitrogen functional groups attached to an aromatic ring is 1. The molecule has 1 saturated carbocycles. The second-order valence-electron chi connectivity index (χ2n) is 10.4. The predicted molar refractivity (Wildman–Crippen MR) is 155 cm³/mol. The van der Waals surface area contributed by atoms with Crippen molar-refractivity contribution in [2.75, 3.05) is 45.5 Å². The molecule has 1 aromatic carbocycles. The van der Waals surface area contributed by atoms with Crippen LogP contribution in [0.2, 0.25) is 0 Å². The van der Waals surface area contributed by atoms with E-state index in [1.807, 2.05) is 36.5 Å². The number of aromatic nitrogens is 5. The summed E-state index contributed by atoms with van der Waals surface area (Å²) < 4.78 is 40.3. The maximum absolute atomic E-state index is 13.1. The van der Waals surface area contributed by atoms with Crippen molar-refractivity contribution in [1.82, 2.24) is 29.7 Å². The number of nitrogens with two attached hydrogens (primary N) is 1. The number of aliphatic hydroxyl groups is 1. The van der Waals surface area contributed by atoms with Crippen LogP contribution in [-0.4, -0.2) is 89.1 Å². The smallest absolute Gasteiger partial charge is 0.252 e. The number of fused-ring (bicyclic) bond motifs is 1. The highest BCUT2D eigenvalue weighted by Crippen LogP contribution is 2.43. The number of amides is 1. The molecule has 42 heavy (non-hydrogen) atoms. The van der Waals surface area contributed by atoms with Gasteiger partial charge in [-0.15, -0.1) is 0 Å². The van der Waals surface area contributed by atoms with Gasteiger partial charge in [-0.2, -0.15) is 14.7 Å². The zero-order chi connectivity index (χ0) is 29.9. The van der Waals surface area contributed by atoms with E-state index < -0.39 is 15.4 Å². The molecule has 4 aromatic rings. The molecule has 1 aliphatic carbocycles. The third-order valence-corrected chi connectivity index (χ3v) is 8.77. The van der Waals surface area contributed by atoms with Crippen LogP contribution in [0.5, 0.6) is 0 Å². The van der Waals surface area contributed by atoms with Crippen molar-refractivity contribution in [1.29, 1.82) is 0 Å². The van der Waals surface area contributed by atoms with E-state index in [1.165, 1.54) is 4.52 Å². The van der Waals surface area contributed by atoms with Crippen LogP contribution >= 0.6 is 0 Å². The molecule has 224 valence electrons. The molecule has 0 saturated heterocycles. The Morgan fingerprint density at radius 3 is 2.57 bits per heavy atom. The van der Waals surface area contributed by atoms with Gasteiger partial charge in [-0.25, -0.2) is 18.1 Å². The van der Waals surface area contributed by atoms with Crippen LogP contribution in [-0.2, 0) is 24.1 Å². The summed E-state index contributed by atoms with van der Waals surface area (Å²) in [6.07, 6.45) is 7.76. The molecule has 1 fully saturated rings. The van der Waals surface area contributed by atoms with Gasteiger partial charge in [-0.05, 0) is 37.8 Å². The minimum absolute atomic E-state index is 0.0203. The number of ether oxygens (including phenoxy) is 2. The Morgan fingerprint density at radius 2 is 1.90 bits per heavy atom. The molecule has 0 bridgehead atoms. The molecule has 14 heteroatoms. The number of sulfone groups is 1. The highest BCUT2D eigenvalue weighted by molar-refractivity contribution is 7.91. The van der Waals surface area contributed by atoms with E-state index in [0.717, 1.165) is 17.5 Å². The largest absolute Gasteiger partial charge is 0.395 e. The molecule has 1 aliphatic rings. The van der Waals surface area contributed by atoms with Crippen molar-refractivity contribution in [2.24, 2.45) is 0 Å². The quantitative estimate of drug-likeness (QED) is 0.216. The summed E-state index contributed by atoms with van der Waals surface area (Å²) in [6, 6.07) is 9.64. The fourth-order valence-corrected chi connectivity index (χ4v) is 6.57. The number of hydrogen-bond donors (Lipinski definition) is 3. The monoisotopic (exact) mass is 597 g/mol. The van der Waals surface area contributed by atoms with Crippen LogP contribution < -0.4 is 11.1 Å². The zero-order valence-electron chi connectivity index (χ0n) is 23.6. The summed E-state index contributed by atoms with van der Waals surface area (Å²) in [5.41, 5.74) is 8.39. The van der Waals surface area contributed by atoms with Crippen molar-refractivity contribution >= 4 is 27.2 Å². The SMILES string of the molecule is COCCO[C@]1(C(=O)NCCO)CC[C@H](c2nc3c(-c4cnn(-c5ccccc5)c4)cnn3c(N)c2S(C)(=O)=O)CC1. The lowest BCUT2D eigenvalue weighted by molar-refractivity contribution is -0.155. The number of nitrogens with zero attached hydrogens (tertiary/aromatic N) is 5. The summed E-state index contributed by atoms with van der Waals surface area (Å²) in [4.78, 5) is 17.9. The van der Waals surface area contributed by atoms with Crippen molar-refractivity contribution in [3.05, 3.63) is 54.6 Å². The second kappa shape index (κ2) is 12.2. The molecular formula is C28H35N7O6S. The van der Waals surface area contributed by atoms with E-state index >= 15 is 0 Å². The zero-order valence-corrected chi connectivity index (χ0v) is 24.4. The number of benzene rings is 1. The maximum atomic E-state index is 13.1. The van der Waals surface area contributed by atoms with Gasteiger partial charge in [0.15, 0.2) is 15.5 Å². The van der Waals surface area contributed by atoms with E-state index in [1.54, 1.807) is 24.2 Å². The Labute approximate surface area is 243 Å². The maximum Gasteiger partial charge on any atom is 0.252 e. The van der Waals surface area contributed by atoms with Gasteiger partial charge in [0, 0.05) is 43.2 Å². The van der Waals surface area contributed by atoms with Crippen LogP contribution in [0.3, 0.4) is 0 Å². The molecule has 1 amide bonds. The van der Waals surface area contributed by atoms with Crippen LogP contribution in [0.1, 0.15) is 37.3 Å². The van der Waals surface area contributed by atoms with Crippen LogP contribution in [0, 0.1) is 0 Å². The van der Waals surface area contributed by atoms with Gasteiger partial charge in [0.25, 0.3) is 5.91 Å². The van der Waals surface area contributed by atoms with Gasteiger partial charge >= 0.3 is 0 Å². The predicted octanol–water partition coefficient (Wildman–Crippen LogP) is 1.74. The Balaban J connectivity index is 1.52. The number of nitrogens with one attached hydrogen (secondary N) is 1. The summed E-state index contributed by atoms with van der Waals surface area (Å²) in [7, 11) is -2.24. The molecule has 5 rings (SSSR count). The summed E-state index contributed by atoms with van der Waals surface area (Å²) in [5.74, 6) is -0.638. The van der Waals surface area contributed by atoms with Gasteiger partial charge in [0.2, 0.25) is 0 Å². The fraction of sp³-hybridized carbons (Fsp3) is 0.429. The molecule has 4 N–H and O–H groups in total. The Bertz CT molecular complexity index is 1660. The number of anilines is 1. The summed E-state index contributed by atoms with van der Waals surface area (Å²) in [6.45, 7) is 0.447. The molecule has 0 radical (unpaired) electrons. The first-order valence-corrected chi connectivity index (χ1v) is 15.6. The van der Waals surface area contributed by atoms with E-state index in [9.17, 15) is 18.3 Å². The number of methoxy groups -OCH3 is 1. The Hall–Kier alpha value is -3.85. The molecule has 3 heterocycles. The third-order valence-electron chi connectivity index (χ3n) is 7.61. The average Bonchev–Trinajstić information content (AvgIpc) is 3.64. The molecule has 3 aromatic heterocycles. The lowest BCUT2D eigenvalue weighted by Crippen LogP contribution is -2.52. The van der Waals surface area contributed by atoms with Gasteiger partial charge in [0.1, 0.15) is 16.3 Å². The minimum Gasteiger partial charge on any atom is -0.395 e. The molecular weight excluding hydrogens is 562 g/mol. The van der Waals surface area contributed by atoms with E-state index in [2.05, 4.69) is 15.5 Å². The highest BCUT2D eigenvalue weighted by atomic mass is 32.2. The number of hydrogen-bond acceptors (Lipinski definition) is 10. The van der Waals surface area contributed by atoms with Crippen LogP contribution in [0.4, 0.5) is 5.82 Å². The lowest BCUT2D eigenvalue weighted by atomic mass is 9.76. The molecule has 13 nitrogen and oxygen atoms in total. The summed E-state index contributed by atoms with van der Waals surface area (Å²) >= 11 is 0. The van der Waals surface area contributed by atoms with Crippen LogP contribution in [0.25, 0.3) is 22.5 Å². The number of carbonyl (C=O) groups excluding carboxylic acids is 1. The number of para-hydroxylation sites is 1. The van der Waals surface area contributed by atoms with Gasteiger partial charge in [0.05, 0.1) is 43.6 Å². The van der Waals surface area contributed by atoms with Crippen molar-refractivity contribution in [2.45, 2.75) is 42.1 Å². The Kier molecular flexibility index (Phi) is 8.59. The fourth-order valence-electron chi connectivity index (χ4n) is 5.51. The van der Waals surface area contributed by atoms with Crippen molar-refractivity contribution in [3.63, 3.8) is 0 Å². The highest BCUT2D eigenvalue weighted by Gasteiger charge is 2.44. The Morgan fingerprint density at radius 1 is 1.17 bits per heavy atom. The average molecular weight is 598 g/mol. The van der Waals surface area contributed by atoms with Gasteiger partial charge in [-0.3, -0.25) is 4.79 Å². The van der Waals surface area contributed by atoms with Crippen LogP contribution in [0.15, 0.2) is 53.8 Å².